The van der Waals surface area contributed by atoms with Crippen LogP contribution in [0.1, 0.15) is 0 Å². The minimum absolute atomic E-state index is 0.0958. The molecule has 2 heterocycles. The molecule has 0 saturated carbocycles. The summed E-state index contributed by atoms with van der Waals surface area (Å²) in [5, 5.41) is 15.8. The van der Waals surface area contributed by atoms with Crippen LogP contribution in [0.4, 0.5) is 5.69 Å². The third kappa shape index (κ3) is 2.42. The van der Waals surface area contributed by atoms with Crippen LogP contribution in [-0.2, 0) is 11.4 Å². The van der Waals surface area contributed by atoms with Crippen LogP contribution in [0.5, 0.6) is 0 Å². The monoisotopic (exact) mass is 262 g/mol. The van der Waals surface area contributed by atoms with Gasteiger partial charge in [-0.15, -0.1) is 0 Å². The van der Waals surface area contributed by atoms with E-state index in [-0.39, 0.29) is 5.69 Å². The third-order valence-electron chi connectivity index (χ3n) is 3.27. The summed E-state index contributed by atoms with van der Waals surface area (Å²) in [4.78, 5) is 12.6. The lowest BCUT2D eigenvalue weighted by molar-refractivity contribution is -0.384. The summed E-state index contributed by atoms with van der Waals surface area (Å²) in [6, 6.07) is 4.82. The third-order valence-corrected chi connectivity index (χ3v) is 3.27. The molecule has 0 atom stereocenters. The van der Waals surface area contributed by atoms with Crippen LogP contribution in [-0.4, -0.2) is 45.9 Å². The molecule has 2 aromatic rings. The van der Waals surface area contributed by atoms with Crippen molar-refractivity contribution in [3.63, 3.8) is 0 Å². The van der Waals surface area contributed by atoms with Gasteiger partial charge in [0.1, 0.15) is 0 Å². The average molecular weight is 262 g/mol. The fourth-order valence-corrected chi connectivity index (χ4v) is 2.23. The number of hydrogen-bond acceptors (Lipinski definition) is 5. The van der Waals surface area contributed by atoms with E-state index in [1.54, 1.807) is 18.3 Å². The van der Waals surface area contributed by atoms with E-state index >= 15 is 0 Å². The number of benzene rings is 1. The highest BCUT2D eigenvalue weighted by Crippen LogP contribution is 2.20. The highest BCUT2D eigenvalue weighted by atomic mass is 16.6. The molecule has 1 saturated heterocycles. The Morgan fingerprint density at radius 1 is 1.37 bits per heavy atom. The lowest BCUT2D eigenvalue weighted by Gasteiger charge is -2.26. The number of hydrogen-bond donors (Lipinski definition) is 0. The fraction of sp³-hybridized carbons (Fsp3) is 0.417. The summed E-state index contributed by atoms with van der Waals surface area (Å²) in [5.74, 6) is 0. The Bertz CT molecular complexity index is 604. The van der Waals surface area contributed by atoms with E-state index in [1.165, 1.54) is 6.07 Å². The Labute approximate surface area is 109 Å². The van der Waals surface area contributed by atoms with Gasteiger partial charge in [0.05, 0.1) is 36.5 Å². The van der Waals surface area contributed by atoms with Gasteiger partial charge in [-0.2, -0.15) is 5.10 Å². The number of fused-ring (bicyclic) bond motifs is 1. The molecule has 100 valence electrons. The number of morpholine rings is 1. The number of nitrogens with zero attached hydrogens (tertiary/aromatic N) is 4. The molecule has 0 aliphatic carbocycles. The first-order valence-corrected chi connectivity index (χ1v) is 6.14. The van der Waals surface area contributed by atoms with Crippen LogP contribution >= 0.6 is 0 Å². The second-order valence-electron chi connectivity index (χ2n) is 4.52. The van der Waals surface area contributed by atoms with Gasteiger partial charge in [-0.3, -0.25) is 19.7 Å². The van der Waals surface area contributed by atoms with E-state index in [9.17, 15) is 10.1 Å². The molecule has 7 heteroatoms. The maximum absolute atomic E-state index is 10.7. The minimum atomic E-state index is -0.390. The zero-order valence-electron chi connectivity index (χ0n) is 10.4. The molecule has 0 spiro atoms. The highest BCUT2D eigenvalue weighted by Gasteiger charge is 2.14. The van der Waals surface area contributed by atoms with Gasteiger partial charge < -0.3 is 4.74 Å². The van der Waals surface area contributed by atoms with Crippen LogP contribution in [0, 0.1) is 10.1 Å². The smallest absolute Gasteiger partial charge is 0.270 e. The van der Waals surface area contributed by atoms with Crippen molar-refractivity contribution in [1.82, 2.24) is 14.7 Å². The number of nitro benzene ring substituents is 1. The number of ether oxygens (including phenoxy) is 1. The van der Waals surface area contributed by atoms with Gasteiger partial charge in [0.25, 0.3) is 5.69 Å². The molecule has 1 aliphatic heterocycles. The molecule has 1 aromatic carbocycles. The first kappa shape index (κ1) is 12.1. The molecule has 1 fully saturated rings. The van der Waals surface area contributed by atoms with E-state index in [0.717, 1.165) is 37.2 Å². The summed E-state index contributed by atoms with van der Waals surface area (Å²) in [5.41, 5.74) is 1.01. The van der Waals surface area contributed by atoms with Crippen molar-refractivity contribution in [3.8, 4) is 0 Å². The Hall–Kier alpha value is -1.99. The Morgan fingerprint density at radius 2 is 2.16 bits per heavy atom. The second kappa shape index (κ2) is 4.94. The number of aromatic nitrogens is 2. The molecule has 7 nitrogen and oxygen atoms in total. The highest BCUT2D eigenvalue weighted by molar-refractivity contribution is 5.81. The predicted octanol–water partition coefficient (Wildman–Crippen LogP) is 1.23. The summed E-state index contributed by atoms with van der Waals surface area (Å²) < 4.78 is 7.17. The number of rotatable bonds is 3. The second-order valence-corrected chi connectivity index (χ2v) is 4.52. The summed E-state index contributed by atoms with van der Waals surface area (Å²) in [6.45, 7) is 3.93. The minimum Gasteiger partial charge on any atom is -0.379 e. The maximum Gasteiger partial charge on any atom is 0.270 e. The first-order chi connectivity index (χ1) is 9.24. The largest absolute Gasteiger partial charge is 0.379 e. The topological polar surface area (TPSA) is 73.4 Å². The lowest BCUT2D eigenvalue weighted by atomic mass is 10.2. The van der Waals surface area contributed by atoms with Crippen molar-refractivity contribution < 1.29 is 9.66 Å². The lowest BCUT2D eigenvalue weighted by Crippen LogP contribution is -2.37. The van der Waals surface area contributed by atoms with E-state index < -0.39 is 4.92 Å². The molecule has 0 amide bonds. The van der Waals surface area contributed by atoms with E-state index in [1.807, 2.05) is 4.68 Å². The van der Waals surface area contributed by atoms with E-state index in [4.69, 9.17) is 4.74 Å². The molecule has 0 radical (unpaired) electrons. The molecule has 3 rings (SSSR count). The van der Waals surface area contributed by atoms with Crippen LogP contribution in [0.15, 0.2) is 24.4 Å². The van der Waals surface area contributed by atoms with Crippen LogP contribution < -0.4 is 0 Å². The van der Waals surface area contributed by atoms with Gasteiger partial charge in [0, 0.05) is 30.6 Å². The molecular weight excluding hydrogens is 248 g/mol. The van der Waals surface area contributed by atoms with Crippen molar-refractivity contribution in [1.29, 1.82) is 0 Å². The van der Waals surface area contributed by atoms with Crippen molar-refractivity contribution in [2.75, 3.05) is 26.3 Å². The van der Waals surface area contributed by atoms with Crippen molar-refractivity contribution in [3.05, 3.63) is 34.5 Å². The molecule has 0 N–H and O–H groups in total. The number of nitro groups is 1. The zero-order chi connectivity index (χ0) is 13.2. The van der Waals surface area contributed by atoms with Gasteiger partial charge in [-0.1, -0.05) is 0 Å². The summed E-state index contributed by atoms with van der Waals surface area (Å²) in [7, 11) is 0. The quantitative estimate of drug-likeness (QED) is 0.614. The predicted molar refractivity (Wildman–Crippen MR) is 68.8 cm³/mol. The van der Waals surface area contributed by atoms with Crippen LogP contribution in [0.25, 0.3) is 10.9 Å². The summed E-state index contributed by atoms with van der Waals surface area (Å²) in [6.07, 6.45) is 1.67. The maximum atomic E-state index is 10.7. The normalized spacial score (nSPS) is 16.8. The molecule has 1 aromatic heterocycles. The molecule has 1 aliphatic rings. The molecule has 19 heavy (non-hydrogen) atoms. The standard InChI is InChI=1S/C12H14N4O3/c17-16(18)11-1-2-12-10(7-11)8-13-15(12)9-14-3-5-19-6-4-14/h1-2,7-8H,3-6,9H2. The van der Waals surface area contributed by atoms with Crippen molar-refractivity contribution >= 4 is 16.6 Å². The van der Waals surface area contributed by atoms with Gasteiger partial charge in [-0.05, 0) is 6.07 Å². The van der Waals surface area contributed by atoms with Gasteiger partial charge >= 0.3 is 0 Å². The van der Waals surface area contributed by atoms with E-state index in [2.05, 4.69) is 10.00 Å². The Kier molecular flexibility index (Phi) is 3.14. The average Bonchev–Trinajstić information content (AvgIpc) is 2.82. The Morgan fingerprint density at radius 3 is 2.89 bits per heavy atom. The number of non-ortho nitro benzene ring substituents is 1. The van der Waals surface area contributed by atoms with Crippen LogP contribution in [0.2, 0.25) is 0 Å². The van der Waals surface area contributed by atoms with Gasteiger partial charge in [0.15, 0.2) is 0 Å². The Balaban J connectivity index is 1.86. The van der Waals surface area contributed by atoms with Crippen LogP contribution in [0.3, 0.4) is 0 Å². The van der Waals surface area contributed by atoms with Gasteiger partial charge in [-0.25, -0.2) is 0 Å². The zero-order valence-corrected chi connectivity index (χ0v) is 10.4. The molecule has 0 bridgehead atoms. The van der Waals surface area contributed by atoms with Gasteiger partial charge in [0.2, 0.25) is 0 Å². The van der Waals surface area contributed by atoms with Crippen molar-refractivity contribution in [2.24, 2.45) is 0 Å². The molecular formula is C12H14N4O3. The molecule has 0 unspecified atom stereocenters. The fourth-order valence-electron chi connectivity index (χ4n) is 2.23. The van der Waals surface area contributed by atoms with E-state index in [0.29, 0.717) is 6.67 Å². The first-order valence-electron chi connectivity index (χ1n) is 6.14. The summed E-state index contributed by atoms with van der Waals surface area (Å²) >= 11 is 0. The SMILES string of the molecule is O=[N+]([O-])c1ccc2c(cnn2CN2CCOCC2)c1. The van der Waals surface area contributed by atoms with Crippen molar-refractivity contribution in [2.45, 2.75) is 6.67 Å².